The van der Waals surface area contributed by atoms with Crippen molar-refractivity contribution in [2.75, 3.05) is 63.1 Å². The van der Waals surface area contributed by atoms with Crippen LogP contribution in [0.1, 0.15) is 41.9 Å². The third kappa shape index (κ3) is 6.49. The number of amides is 2. The van der Waals surface area contributed by atoms with Gasteiger partial charge in [0.15, 0.2) is 11.5 Å². The zero-order chi connectivity index (χ0) is 31.2. The summed E-state index contributed by atoms with van der Waals surface area (Å²) in [6.07, 6.45) is 1.14. The number of aromatic carboxylic acids is 1. The van der Waals surface area contributed by atoms with Crippen molar-refractivity contribution in [3.8, 4) is 17.6 Å². The highest BCUT2D eigenvalue weighted by atomic mass is 16.5. The fraction of sp³-hybridized carbons (Fsp3) is 0.438. The number of carbonyl (C=O) groups is 2. The molecular weight excluding hydrogens is 562 g/mol. The average Bonchev–Trinajstić information content (AvgIpc) is 3.06. The Hall–Kier alpha value is -4.60. The summed E-state index contributed by atoms with van der Waals surface area (Å²) in [4.78, 5) is 34.2. The molecular formula is C32H39N7O5. The lowest BCUT2D eigenvalue weighted by Crippen LogP contribution is -2.55. The topological polar surface area (TPSA) is 152 Å². The number of piperazine rings is 2. The summed E-state index contributed by atoms with van der Waals surface area (Å²) in [7, 11) is 1.58. The number of carboxylic acid groups (broad SMARTS) is 1. The van der Waals surface area contributed by atoms with Crippen LogP contribution in [0, 0.1) is 11.3 Å². The minimum atomic E-state index is -1.05. The number of aromatic nitrogens is 1. The molecule has 12 heteroatoms. The van der Waals surface area contributed by atoms with E-state index >= 15 is 0 Å². The van der Waals surface area contributed by atoms with E-state index < -0.39 is 5.97 Å². The molecule has 0 radical (unpaired) electrons. The quantitative estimate of drug-likeness (QED) is 0.287. The number of nitriles is 1. The molecule has 2 atom stereocenters. The molecule has 2 unspecified atom stereocenters. The van der Waals surface area contributed by atoms with Crippen LogP contribution < -0.4 is 30.3 Å². The number of carboxylic acids is 1. The zero-order valence-corrected chi connectivity index (χ0v) is 25.4. The van der Waals surface area contributed by atoms with E-state index in [4.69, 9.17) is 19.7 Å². The van der Waals surface area contributed by atoms with Crippen molar-refractivity contribution in [2.24, 2.45) is 0 Å². The Morgan fingerprint density at radius 1 is 1.14 bits per heavy atom. The molecule has 12 nitrogen and oxygen atoms in total. The number of methoxy groups -OCH3 is 1. The van der Waals surface area contributed by atoms with Crippen LogP contribution in [0.5, 0.6) is 11.5 Å². The van der Waals surface area contributed by atoms with Gasteiger partial charge in [0.2, 0.25) is 0 Å². The van der Waals surface area contributed by atoms with Gasteiger partial charge in [0.25, 0.3) is 0 Å². The van der Waals surface area contributed by atoms with Crippen LogP contribution >= 0.6 is 0 Å². The number of urea groups is 1. The monoisotopic (exact) mass is 601 g/mol. The lowest BCUT2D eigenvalue weighted by Gasteiger charge is -2.37. The second-order valence-electron chi connectivity index (χ2n) is 10.9. The van der Waals surface area contributed by atoms with Gasteiger partial charge in [-0.2, -0.15) is 5.26 Å². The first-order valence-electron chi connectivity index (χ1n) is 15.1. The zero-order valence-electron chi connectivity index (χ0n) is 25.4. The van der Waals surface area contributed by atoms with E-state index in [2.05, 4.69) is 28.9 Å². The van der Waals surface area contributed by atoms with Gasteiger partial charge in [-0.15, -0.1) is 0 Å². The maximum atomic E-state index is 13.0. The molecule has 0 aliphatic carbocycles. The van der Waals surface area contributed by atoms with Crippen molar-refractivity contribution in [3.63, 3.8) is 0 Å². The van der Waals surface area contributed by atoms with Crippen LogP contribution in [0.3, 0.4) is 0 Å². The van der Waals surface area contributed by atoms with Crippen LogP contribution in [0.25, 0.3) is 10.9 Å². The molecule has 2 fully saturated rings. The summed E-state index contributed by atoms with van der Waals surface area (Å²) in [6, 6.07) is 12.3. The van der Waals surface area contributed by atoms with Gasteiger partial charge in [-0.1, -0.05) is 13.8 Å². The largest absolute Gasteiger partial charge is 0.493 e. The number of hydrogen-bond donors (Lipinski definition) is 4. The highest BCUT2D eigenvalue weighted by Gasteiger charge is 2.30. The van der Waals surface area contributed by atoms with Gasteiger partial charge in [-0.05, 0) is 43.2 Å². The van der Waals surface area contributed by atoms with Crippen molar-refractivity contribution >= 4 is 34.3 Å². The van der Waals surface area contributed by atoms with Gasteiger partial charge in [0.05, 0.1) is 41.7 Å². The van der Waals surface area contributed by atoms with E-state index in [1.807, 2.05) is 24.0 Å². The van der Waals surface area contributed by atoms with Gasteiger partial charge in [0, 0.05) is 63.0 Å². The molecule has 0 spiro atoms. The molecule has 2 aliphatic heterocycles. The summed E-state index contributed by atoms with van der Waals surface area (Å²) in [5.74, 6) is 0.0179. The Morgan fingerprint density at radius 3 is 2.48 bits per heavy atom. The molecule has 3 heterocycles. The number of fused-ring (bicyclic) bond motifs is 1. The second-order valence-corrected chi connectivity index (χ2v) is 10.9. The maximum Gasteiger partial charge on any atom is 0.339 e. The van der Waals surface area contributed by atoms with Gasteiger partial charge < -0.3 is 40.3 Å². The first kappa shape index (κ1) is 30.8. The van der Waals surface area contributed by atoms with E-state index in [0.29, 0.717) is 77.6 Å². The Balaban J connectivity index is 1.43. The van der Waals surface area contributed by atoms with Crippen LogP contribution in [-0.4, -0.2) is 92.1 Å². The highest BCUT2D eigenvalue weighted by molar-refractivity contribution is 6.06. The van der Waals surface area contributed by atoms with E-state index in [9.17, 15) is 14.7 Å². The highest BCUT2D eigenvalue weighted by Crippen LogP contribution is 2.40. The normalized spacial score (nSPS) is 17.5. The number of hydrogen-bond acceptors (Lipinski definition) is 9. The fourth-order valence-electron chi connectivity index (χ4n) is 5.88. The second kappa shape index (κ2) is 13.8. The molecule has 1 aromatic heterocycles. The first-order chi connectivity index (χ1) is 21.4. The lowest BCUT2D eigenvalue weighted by atomic mass is 10.0. The van der Waals surface area contributed by atoms with Gasteiger partial charge in [-0.3, -0.25) is 4.98 Å². The number of carbonyl (C=O) groups excluding carboxylic acids is 1. The minimum absolute atomic E-state index is 0.0962. The Bertz CT molecular complexity index is 1540. The molecule has 44 heavy (non-hydrogen) atoms. The number of aryl methyl sites for hydroxylation is 1. The molecule has 4 N–H and O–H groups in total. The smallest absolute Gasteiger partial charge is 0.339 e. The third-order valence-corrected chi connectivity index (χ3v) is 8.22. The van der Waals surface area contributed by atoms with Gasteiger partial charge in [0.1, 0.15) is 11.7 Å². The molecule has 2 aliphatic rings. The summed E-state index contributed by atoms with van der Waals surface area (Å²) >= 11 is 0. The van der Waals surface area contributed by atoms with Gasteiger partial charge >= 0.3 is 12.0 Å². The SMILES string of the molecule is CCc1nc2cc(OC(CC)C3CNCCN3)c(OC)cc2c(N2CCN(C(=O)Nc3ccc(C#N)cc3)CC2)c1C(=O)O. The number of nitrogens with one attached hydrogen (secondary N) is 3. The Kier molecular flexibility index (Phi) is 9.67. The maximum absolute atomic E-state index is 13.0. The predicted molar refractivity (Wildman–Crippen MR) is 168 cm³/mol. The van der Waals surface area contributed by atoms with Crippen molar-refractivity contribution in [1.29, 1.82) is 5.26 Å². The molecule has 3 aromatic rings. The van der Waals surface area contributed by atoms with E-state index in [1.54, 1.807) is 36.3 Å². The number of benzene rings is 2. The summed E-state index contributed by atoms with van der Waals surface area (Å²) in [5, 5.41) is 29.8. The minimum Gasteiger partial charge on any atom is -0.493 e. The van der Waals surface area contributed by atoms with Crippen molar-refractivity contribution in [3.05, 3.63) is 53.2 Å². The molecule has 0 saturated carbocycles. The molecule has 2 aromatic carbocycles. The predicted octanol–water partition coefficient (Wildman–Crippen LogP) is 3.45. The number of ether oxygens (including phenoxy) is 2. The first-order valence-corrected chi connectivity index (χ1v) is 15.1. The lowest BCUT2D eigenvalue weighted by molar-refractivity contribution is 0.0695. The number of rotatable bonds is 9. The van der Waals surface area contributed by atoms with Crippen LogP contribution in [0.4, 0.5) is 16.2 Å². The van der Waals surface area contributed by atoms with Crippen molar-refractivity contribution < 1.29 is 24.2 Å². The number of nitrogens with zero attached hydrogens (tertiary/aromatic N) is 4. The molecule has 2 amide bonds. The Labute approximate surface area is 256 Å². The van der Waals surface area contributed by atoms with Gasteiger partial charge in [-0.25, -0.2) is 9.59 Å². The van der Waals surface area contributed by atoms with E-state index in [0.717, 1.165) is 26.1 Å². The third-order valence-electron chi connectivity index (χ3n) is 8.22. The molecule has 2 saturated heterocycles. The number of pyridine rings is 1. The fourth-order valence-corrected chi connectivity index (χ4v) is 5.88. The summed E-state index contributed by atoms with van der Waals surface area (Å²) in [6.45, 7) is 8.22. The van der Waals surface area contributed by atoms with Crippen molar-refractivity contribution in [1.82, 2.24) is 20.5 Å². The standard InChI is InChI=1S/C32H39N7O5/c1-4-23-29(31(40)41)30(38-12-14-39(15-13-38)32(42)36-21-8-6-20(18-33)7-9-21)22-16-27(43-3)28(17-24(22)37-23)44-26(5-2)25-19-34-10-11-35-25/h6-9,16-17,25-26,34-35H,4-5,10-15,19H2,1-3H3,(H,36,42)(H,40,41). The Morgan fingerprint density at radius 2 is 1.89 bits per heavy atom. The van der Waals surface area contributed by atoms with Crippen LogP contribution in [0.2, 0.25) is 0 Å². The van der Waals surface area contributed by atoms with Crippen molar-refractivity contribution in [2.45, 2.75) is 38.8 Å². The molecule has 232 valence electrons. The number of anilines is 2. The van der Waals surface area contributed by atoms with E-state index in [-0.39, 0.29) is 23.7 Å². The molecule has 5 rings (SSSR count). The van der Waals surface area contributed by atoms with Crippen LogP contribution in [-0.2, 0) is 6.42 Å². The van der Waals surface area contributed by atoms with Crippen LogP contribution in [0.15, 0.2) is 36.4 Å². The summed E-state index contributed by atoms with van der Waals surface area (Å²) < 4.78 is 12.3. The van der Waals surface area contributed by atoms with E-state index in [1.165, 1.54) is 0 Å². The molecule has 0 bridgehead atoms. The summed E-state index contributed by atoms with van der Waals surface area (Å²) in [5.41, 5.74) is 2.96. The average molecular weight is 602 g/mol.